The molecule has 0 amide bonds. The SMILES string of the molecule is Cc1cc2nc(-c3cccs3)cc(-c3nnc(SCc4cccc(I)c4)n3C(C)C)c2cc1C. The summed E-state index contributed by atoms with van der Waals surface area (Å²) in [4.78, 5) is 6.18. The van der Waals surface area contributed by atoms with Crippen molar-refractivity contribution < 1.29 is 0 Å². The molecule has 0 unspecified atom stereocenters. The Morgan fingerprint density at radius 2 is 1.82 bits per heavy atom. The molecule has 0 spiro atoms. The van der Waals surface area contributed by atoms with Gasteiger partial charge in [-0.25, -0.2) is 4.98 Å². The standard InChI is InChI=1S/C27H25IN4S2/c1-16(2)32-26(30-31-27(32)34-15-19-7-5-8-20(28)13-19)22-14-24(25-9-6-10-33-25)29-23-12-18(4)17(3)11-21(22)23/h5-14,16H,15H2,1-4H3. The van der Waals surface area contributed by atoms with Gasteiger partial charge in [0, 0.05) is 26.3 Å². The van der Waals surface area contributed by atoms with Crippen LogP contribution in [0.1, 0.15) is 36.6 Å². The number of thiophene rings is 1. The zero-order chi connectivity index (χ0) is 23.8. The molecule has 5 rings (SSSR count). The minimum absolute atomic E-state index is 0.225. The van der Waals surface area contributed by atoms with E-state index in [9.17, 15) is 0 Å². The smallest absolute Gasteiger partial charge is 0.192 e. The summed E-state index contributed by atoms with van der Waals surface area (Å²) < 4.78 is 3.51. The molecule has 0 aliphatic rings. The lowest BCUT2D eigenvalue weighted by Crippen LogP contribution is -2.06. The summed E-state index contributed by atoms with van der Waals surface area (Å²) in [6.45, 7) is 8.69. The first kappa shape index (κ1) is 23.5. The molecule has 3 heterocycles. The number of hydrogen-bond acceptors (Lipinski definition) is 5. The topological polar surface area (TPSA) is 43.6 Å². The van der Waals surface area contributed by atoms with E-state index in [2.05, 4.69) is 120 Å². The van der Waals surface area contributed by atoms with Crippen LogP contribution in [0.15, 0.2) is 65.1 Å². The molecule has 7 heteroatoms. The highest BCUT2D eigenvalue weighted by molar-refractivity contribution is 14.1. The van der Waals surface area contributed by atoms with Gasteiger partial charge in [-0.15, -0.1) is 21.5 Å². The van der Waals surface area contributed by atoms with Crippen LogP contribution < -0.4 is 0 Å². The molecule has 0 saturated carbocycles. The van der Waals surface area contributed by atoms with Gasteiger partial charge in [0.15, 0.2) is 11.0 Å². The average molecular weight is 597 g/mol. The second kappa shape index (κ2) is 9.79. The number of hydrogen-bond donors (Lipinski definition) is 0. The first-order valence-electron chi connectivity index (χ1n) is 11.2. The van der Waals surface area contributed by atoms with Gasteiger partial charge in [0.05, 0.1) is 16.1 Å². The van der Waals surface area contributed by atoms with Gasteiger partial charge in [-0.1, -0.05) is 30.0 Å². The van der Waals surface area contributed by atoms with Gasteiger partial charge in [-0.2, -0.15) is 0 Å². The summed E-state index contributed by atoms with van der Waals surface area (Å²) in [5.74, 6) is 1.76. The van der Waals surface area contributed by atoms with Crippen LogP contribution in [0.25, 0.3) is 32.9 Å². The summed E-state index contributed by atoms with van der Waals surface area (Å²) in [5.41, 5.74) is 6.84. The molecule has 0 aliphatic carbocycles. The Balaban J connectivity index is 1.64. The van der Waals surface area contributed by atoms with E-state index in [1.54, 1.807) is 23.1 Å². The van der Waals surface area contributed by atoms with Crippen molar-refractivity contribution in [1.82, 2.24) is 19.7 Å². The number of aryl methyl sites for hydroxylation is 2. The van der Waals surface area contributed by atoms with Crippen molar-refractivity contribution >= 4 is 56.6 Å². The fraction of sp³-hybridized carbons (Fsp3) is 0.222. The second-order valence-corrected chi connectivity index (χ2v) is 11.8. The Kier molecular flexibility index (Phi) is 6.77. The minimum atomic E-state index is 0.225. The number of thioether (sulfide) groups is 1. The maximum Gasteiger partial charge on any atom is 0.192 e. The fourth-order valence-electron chi connectivity index (χ4n) is 4.02. The molecule has 2 aromatic carbocycles. The quantitative estimate of drug-likeness (QED) is 0.146. The molecule has 5 aromatic rings. The van der Waals surface area contributed by atoms with E-state index >= 15 is 0 Å². The van der Waals surface area contributed by atoms with Crippen molar-refractivity contribution in [2.24, 2.45) is 0 Å². The zero-order valence-electron chi connectivity index (χ0n) is 19.5. The van der Waals surface area contributed by atoms with Crippen molar-refractivity contribution in [2.75, 3.05) is 0 Å². The summed E-state index contributed by atoms with van der Waals surface area (Å²) in [6, 6.07) is 19.6. The third kappa shape index (κ3) is 4.65. The Bertz CT molecular complexity index is 1470. The molecule has 0 radical (unpaired) electrons. The van der Waals surface area contributed by atoms with E-state index in [1.807, 2.05) is 0 Å². The third-order valence-corrected chi connectivity index (χ3v) is 8.45. The van der Waals surface area contributed by atoms with Gasteiger partial charge < -0.3 is 0 Å². The van der Waals surface area contributed by atoms with E-state index in [4.69, 9.17) is 10.1 Å². The summed E-state index contributed by atoms with van der Waals surface area (Å²) >= 11 is 5.81. The molecule has 0 aliphatic heterocycles. The van der Waals surface area contributed by atoms with E-state index in [0.29, 0.717) is 0 Å². The highest BCUT2D eigenvalue weighted by atomic mass is 127. The van der Waals surface area contributed by atoms with Crippen LogP contribution in [0.5, 0.6) is 0 Å². The zero-order valence-corrected chi connectivity index (χ0v) is 23.3. The van der Waals surface area contributed by atoms with Crippen LogP contribution in [0.2, 0.25) is 0 Å². The monoisotopic (exact) mass is 596 g/mol. The third-order valence-electron chi connectivity index (χ3n) is 5.88. The van der Waals surface area contributed by atoms with E-state index in [-0.39, 0.29) is 6.04 Å². The fourth-order valence-corrected chi connectivity index (χ4v) is 6.32. The van der Waals surface area contributed by atoms with Crippen molar-refractivity contribution in [3.8, 4) is 22.0 Å². The predicted molar refractivity (Wildman–Crippen MR) is 153 cm³/mol. The number of benzene rings is 2. The lowest BCUT2D eigenvalue weighted by molar-refractivity contribution is 0.555. The van der Waals surface area contributed by atoms with Gasteiger partial charge in [0.25, 0.3) is 0 Å². The molecular weight excluding hydrogens is 571 g/mol. The lowest BCUT2D eigenvalue weighted by atomic mass is 10.0. The van der Waals surface area contributed by atoms with E-state index in [0.717, 1.165) is 43.8 Å². The summed E-state index contributed by atoms with van der Waals surface area (Å²) in [7, 11) is 0. The van der Waals surface area contributed by atoms with Crippen LogP contribution in [-0.2, 0) is 5.75 Å². The molecule has 3 aromatic heterocycles. The normalized spacial score (nSPS) is 11.6. The number of rotatable bonds is 6. The molecule has 0 fully saturated rings. The van der Waals surface area contributed by atoms with Crippen molar-refractivity contribution in [3.63, 3.8) is 0 Å². The van der Waals surface area contributed by atoms with Crippen molar-refractivity contribution in [2.45, 2.75) is 44.6 Å². The predicted octanol–water partition coefficient (Wildman–Crippen LogP) is 8.32. The highest BCUT2D eigenvalue weighted by Crippen LogP contribution is 2.37. The van der Waals surface area contributed by atoms with Crippen molar-refractivity contribution in [1.29, 1.82) is 0 Å². The largest absolute Gasteiger partial charge is 0.299 e. The molecular formula is C27H25IN4S2. The van der Waals surface area contributed by atoms with Crippen molar-refractivity contribution in [3.05, 3.63) is 80.2 Å². The summed E-state index contributed by atoms with van der Waals surface area (Å²) in [6.07, 6.45) is 0. The van der Waals surface area contributed by atoms with Gasteiger partial charge in [-0.3, -0.25) is 4.57 Å². The van der Waals surface area contributed by atoms with E-state index in [1.165, 1.54) is 20.3 Å². The first-order valence-corrected chi connectivity index (χ1v) is 14.1. The Labute approximate surface area is 222 Å². The van der Waals surface area contributed by atoms with Crippen LogP contribution in [0.3, 0.4) is 0 Å². The van der Waals surface area contributed by atoms with Crippen LogP contribution in [0, 0.1) is 17.4 Å². The molecule has 4 nitrogen and oxygen atoms in total. The average Bonchev–Trinajstić information content (AvgIpc) is 3.48. The maximum absolute atomic E-state index is 5.02. The first-order chi connectivity index (χ1) is 16.4. The Morgan fingerprint density at radius 1 is 1.00 bits per heavy atom. The van der Waals surface area contributed by atoms with Crippen LogP contribution in [-0.4, -0.2) is 19.7 Å². The van der Waals surface area contributed by atoms with Gasteiger partial charge in [-0.05, 0) is 109 Å². The van der Waals surface area contributed by atoms with Crippen LogP contribution >= 0.6 is 45.7 Å². The summed E-state index contributed by atoms with van der Waals surface area (Å²) in [5, 5.41) is 13.5. The number of nitrogens with zero attached hydrogens (tertiary/aromatic N) is 4. The Hall–Kier alpha value is -2.23. The molecule has 0 saturated heterocycles. The highest BCUT2D eigenvalue weighted by Gasteiger charge is 2.21. The maximum atomic E-state index is 5.02. The molecule has 34 heavy (non-hydrogen) atoms. The number of aromatic nitrogens is 4. The number of fused-ring (bicyclic) bond motifs is 1. The Morgan fingerprint density at radius 3 is 2.56 bits per heavy atom. The van der Waals surface area contributed by atoms with Gasteiger partial charge in [0.2, 0.25) is 0 Å². The van der Waals surface area contributed by atoms with E-state index < -0.39 is 0 Å². The molecule has 0 bridgehead atoms. The second-order valence-electron chi connectivity index (χ2n) is 8.67. The van der Waals surface area contributed by atoms with Gasteiger partial charge in [0.1, 0.15) is 0 Å². The molecule has 172 valence electrons. The number of halogens is 1. The van der Waals surface area contributed by atoms with Crippen LogP contribution in [0.4, 0.5) is 0 Å². The molecule has 0 N–H and O–H groups in total. The van der Waals surface area contributed by atoms with Gasteiger partial charge >= 0.3 is 0 Å². The molecule has 0 atom stereocenters. The lowest BCUT2D eigenvalue weighted by Gasteiger charge is -2.16. The minimum Gasteiger partial charge on any atom is -0.299 e. The number of pyridine rings is 1.